The maximum absolute atomic E-state index is 12.7. The summed E-state index contributed by atoms with van der Waals surface area (Å²) >= 11 is 0. The van der Waals surface area contributed by atoms with Gasteiger partial charge in [0.25, 0.3) is 15.9 Å². The van der Waals surface area contributed by atoms with Crippen LogP contribution < -0.4 is 4.74 Å². The van der Waals surface area contributed by atoms with Crippen molar-refractivity contribution in [2.45, 2.75) is 18.4 Å². The third-order valence-corrected chi connectivity index (χ3v) is 6.26. The zero-order valence-electron chi connectivity index (χ0n) is 15.5. The summed E-state index contributed by atoms with van der Waals surface area (Å²) in [4.78, 5) is 18.0. The summed E-state index contributed by atoms with van der Waals surface area (Å²) in [5, 5.41) is 0.0347. The van der Waals surface area contributed by atoms with Gasteiger partial charge in [0, 0.05) is 39.4 Å². The largest absolute Gasteiger partial charge is 0.484 e. The summed E-state index contributed by atoms with van der Waals surface area (Å²) in [5.41, 5.74) is 1.12. The van der Waals surface area contributed by atoms with E-state index < -0.39 is 10.0 Å². The number of imidazole rings is 1. The van der Waals surface area contributed by atoms with Crippen LogP contribution in [-0.4, -0.2) is 65.9 Å². The second kappa shape index (κ2) is 8.10. The van der Waals surface area contributed by atoms with Crippen LogP contribution in [0.3, 0.4) is 0 Å². The number of aromatic nitrogens is 2. The van der Waals surface area contributed by atoms with Crippen LogP contribution in [0.1, 0.15) is 12.0 Å². The van der Waals surface area contributed by atoms with E-state index in [0.29, 0.717) is 31.8 Å². The van der Waals surface area contributed by atoms with Crippen molar-refractivity contribution in [3.63, 3.8) is 0 Å². The first-order valence-electron chi connectivity index (χ1n) is 8.81. The van der Waals surface area contributed by atoms with Crippen molar-refractivity contribution in [3.05, 3.63) is 42.4 Å². The topological polar surface area (TPSA) is 84.7 Å². The Balaban J connectivity index is 1.57. The normalized spacial score (nSPS) is 16.1. The third kappa shape index (κ3) is 4.67. The molecule has 0 saturated carbocycles. The standard InChI is InChI=1S/C18H24N4O4S/c1-15-4-6-16(7-5-15)26-13-18(23)21-8-3-9-22(11-10-21)27(24,25)17-12-20(2)14-19-17/h4-7,12,14H,3,8-11,13H2,1-2H3. The molecule has 2 aromatic rings. The Morgan fingerprint density at radius 1 is 1.15 bits per heavy atom. The van der Waals surface area contributed by atoms with Crippen molar-refractivity contribution in [2.24, 2.45) is 7.05 Å². The van der Waals surface area contributed by atoms with Gasteiger partial charge in [-0.25, -0.2) is 13.4 Å². The zero-order valence-corrected chi connectivity index (χ0v) is 16.4. The minimum atomic E-state index is -3.64. The molecule has 1 amide bonds. The van der Waals surface area contributed by atoms with Crippen molar-refractivity contribution < 1.29 is 17.9 Å². The number of nitrogens with zero attached hydrogens (tertiary/aromatic N) is 4. The lowest BCUT2D eigenvalue weighted by Gasteiger charge is -2.21. The van der Waals surface area contributed by atoms with Gasteiger partial charge in [-0.3, -0.25) is 4.79 Å². The highest BCUT2D eigenvalue weighted by atomic mass is 32.2. The van der Waals surface area contributed by atoms with E-state index in [1.165, 1.54) is 16.8 Å². The van der Waals surface area contributed by atoms with Gasteiger partial charge in [-0.1, -0.05) is 17.7 Å². The van der Waals surface area contributed by atoms with Crippen molar-refractivity contribution in [1.29, 1.82) is 0 Å². The number of carbonyl (C=O) groups excluding carboxylic acids is 1. The van der Waals surface area contributed by atoms with Crippen LogP contribution in [0.2, 0.25) is 0 Å². The molecular formula is C18H24N4O4S. The first-order valence-corrected chi connectivity index (χ1v) is 10.3. The van der Waals surface area contributed by atoms with E-state index in [2.05, 4.69) is 4.98 Å². The van der Waals surface area contributed by atoms with E-state index in [1.807, 2.05) is 31.2 Å². The van der Waals surface area contributed by atoms with Gasteiger partial charge in [0.05, 0.1) is 6.33 Å². The van der Waals surface area contributed by atoms with Gasteiger partial charge >= 0.3 is 0 Å². The molecule has 0 spiro atoms. The second-order valence-corrected chi connectivity index (χ2v) is 8.50. The molecule has 146 valence electrons. The lowest BCUT2D eigenvalue weighted by atomic mass is 10.2. The first kappa shape index (κ1) is 19.4. The molecule has 1 aliphatic heterocycles. The van der Waals surface area contributed by atoms with Gasteiger partial charge in [0.1, 0.15) is 5.75 Å². The van der Waals surface area contributed by atoms with Crippen LogP contribution in [0.25, 0.3) is 0 Å². The summed E-state index contributed by atoms with van der Waals surface area (Å²) in [6.07, 6.45) is 3.52. The van der Waals surface area contributed by atoms with Crippen LogP contribution in [0.4, 0.5) is 0 Å². The SMILES string of the molecule is Cc1ccc(OCC(=O)N2CCCN(S(=O)(=O)c3cn(C)cn3)CC2)cc1. The lowest BCUT2D eigenvalue weighted by Crippen LogP contribution is -2.39. The van der Waals surface area contributed by atoms with Gasteiger partial charge < -0.3 is 14.2 Å². The number of ether oxygens (including phenoxy) is 1. The summed E-state index contributed by atoms with van der Waals surface area (Å²) in [5.74, 6) is 0.496. The maximum Gasteiger partial charge on any atom is 0.262 e. The smallest absolute Gasteiger partial charge is 0.262 e. The number of carbonyl (C=O) groups is 1. The van der Waals surface area contributed by atoms with E-state index in [0.717, 1.165) is 5.56 Å². The van der Waals surface area contributed by atoms with E-state index >= 15 is 0 Å². The van der Waals surface area contributed by atoms with Gasteiger partial charge in [-0.05, 0) is 25.5 Å². The van der Waals surface area contributed by atoms with Gasteiger partial charge in [0.2, 0.25) is 0 Å². The predicted octanol–water partition coefficient (Wildman–Crippen LogP) is 1.03. The molecular weight excluding hydrogens is 368 g/mol. The molecule has 0 atom stereocenters. The number of rotatable bonds is 5. The van der Waals surface area contributed by atoms with E-state index in [4.69, 9.17) is 4.74 Å². The summed E-state index contributed by atoms with van der Waals surface area (Å²) in [6.45, 7) is 3.37. The van der Waals surface area contributed by atoms with Crippen molar-refractivity contribution >= 4 is 15.9 Å². The number of sulfonamides is 1. The summed E-state index contributed by atoms with van der Waals surface area (Å²) in [7, 11) is -1.92. The van der Waals surface area contributed by atoms with E-state index in [-0.39, 0.29) is 24.1 Å². The molecule has 27 heavy (non-hydrogen) atoms. The molecule has 8 nitrogen and oxygen atoms in total. The van der Waals surface area contributed by atoms with Crippen LogP contribution in [0.15, 0.2) is 41.8 Å². The fraction of sp³-hybridized carbons (Fsp3) is 0.444. The number of aryl methyl sites for hydroxylation is 2. The third-order valence-electron chi connectivity index (χ3n) is 4.48. The molecule has 0 bridgehead atoms. The highest BCUT2D eigenvalue weighted by Crippen LogP contribution is 2.16. The highest BCUT2D eigenvalue weighted by Gasteiger charge is 2.29. The molecule has 1 fully saturated rings. The highest BCUT2D eigenvalue weighted by molar-refractivity contribution is 7.89. The molecule has 0 radical (unpaired) electrons. The number of benzene rings is 1. The molecule has 0 N–H and O–H groups in total. The van der Waals surface area contributed by atoms with Crippen LogP contribution in [-0.2, 0) is 21.9 Å². The Labute approximate surface area is 159 Å². The molecule has 0 unspecified atom stereocenters. The molecule has 1 aromatic heterocycles. The number of hydrogen-bond donors (Lipinski definition) is 0. The number of amides is 1. The first-order chi connectivity index (χ1) is 12.9. The molecule has 1 aromatic carbocycles. The summed E-state index contributed by atoms with van der Waals surface area (Å²) in [6, 6.07) is 7.50. The Kier molecular flexibility index (Phi) is 5.81. The fourth-order valence-corrected chi connectivity index (χ4v) is 4.34. The summed E-state index contributed by atoms with van der Waals surface area (Å²) < 4.78 is 33.9. The van der Waals surface area contributed by atoms with Crippen molar-refractivity contribution in [2.75, 3.05) is 32.8 Å². The van der Waals surface area contributed by atoms with Gasteiger partial charge in [-0.2, -0.15) is 4.31 Å². The minimum Gasteiger partial charge on any atom is -0.484 e. The van der Waals surface area contributed by atoms with Crippen LogP contribution >= 0.6 is 0 Å². The Hall–Kier alpha value is -2.39. The van der Waals surface area contributed by atoms with Gasteiger partial charge in [-0.15, -0.1) is 0 Å². The van der Waals surface area contributed by atoms with Crippen LogP contribution in [0.5, 0.6) is 5.75 Å². The molecule has 9 heteroatoms. The molecule has 2 heterocycles. The van der Waals surface area contributed by atoms with Crippen molar-refractivity contribution in [3.8, 4) is 5.75 Å². The fourth-order valence-electron chi connectivity index (χ4n) is 2.91. The maximum atomic E-state index is 12.7. The molecule has 0 aliphatic carbocycles. The van der Waals surface area contributed by atoms with E-state index in [1.54, 1.807) is 16.5 Å². The number of hydrogen-bond acceptors (Lipinski definition) is 5. The van der Waals surface area contributed by atoms with Crippen LogP contribution in [0, 0.1) is 6.92 Å². The Morgan fingerprint density at radius 2 is 1.89 bits per heavy atom. The average molecular weight is 392 g/mol. The monoisotopic (exact) mass is 392 g/mol. The van der Waals surface area contributed by atoms with Gasteiger partial charge in [0.15, 0.2) is 11.6 Å². The lowest BCUT2D eigenvalue weighted by molar-refractivity contribution is -0.133. The quantitative estimate of drug-likeness (QED) is 0.759. The molecule has 1 aliphatic rings. The predicted molar refractivity (Wildman–Crippen MR) is 99.8 cm³/mol. The zero-order chi connectivity index (χ0) is 19.4. The minimum absolute atomic E-state index is 0.0347. The van der Waals surface area contributed by atoms with Crippen molar-refractivity contribution in [1.82, 2.24) is 18.8 Å². The average Bonchev–Trinajstić information content (AvgIpc) is 2.93. The molecule has 3 rings (SSSR count). The molecule has 1 saturated heterocycles. The van der Waals surface area contributed by atoms with E-state index in [9.17, 15) is 13.2 Å². The Morgan fingerprint density at radius 3 is 2.56 bits per heavy atom. The second-order valence-electron chi connectivity index (χ2n) is 6.62. The Bertz CT molecular complexity index is 892.